The zero-order valence-corrected chi connectivity index (χ0v) is 16.3. The van der Waals surface area contributed by atoms with Crippen molar-refractivity contribution >= 4 is 18.7 Å². The fourth-order valence-corrected chi connectivity index (χ4v) is 7.80. The molecule has 0 aliphatic rings. The van der Waals surface area contributed by atoms with Gasteiger partial charge in [0.25, 0.3) is 8.32 Å². The van der Waals surface area contributed by atoms with Crippen molar-refractivity contribution in [2.24, 2.45) is 0 Å². The maximum Gasteiger partial charge on any atom is 0.261 e. The van der Waals surface area contributed by atoms with E-state index in [0.717, 1.165) is 5.57 Å². The van der Waals surface area contributed by atoms with Crippen LogP contribution >= 0.6 is 0 Å². The van der Waals surface area contributed by atoms with Gasteiger partial charge in [0.2, 0.25) is 0 Å². The molecule has 0 aliphatic heterocycles. The van der Waals surface area contributed by atoms with Crippen molar-refractivity contribution in [2.75, 3.05) is 6.61 Å². The topological polar surface area (TPSA) is 9.23 Å². The highest BCUT2D eigenvalue weighted by atomic mass is 28.4. The molecule has 0 amide bonds. The van der Waals surface area contributed by atoms with E-state index in [4.69, 9.17) is 4.43 Å². The zero-order chi connectivity index (χ0) is 17.6. The van der Waals surface area contributed by atoms with Gasteiger partial charge in [0.15, 0.2) is 0 Å². The zero-order valence-electron chi connectivity index (χ0n) is 15.3. The predicted molar refractivity (Wildman–Crippen MR) is 108 cm³/mol. The Hall–Kier alpha value is -1.90. The molecule has 0 spiro atoms. The molecule has 2 aromatic carbocycles. The molecule has 0 fully saturated rings. The third-order valence-electron chi connectivity index (χ3n) is 4.29. The van der Waals surface area contributed by atoms with Crippen LogP contribution in [-0.2, 0) is 4.43 Å². The van der Waals surface area contributed by atoms with Gasteiger partial charge in [-0.2, -0.15) is 0 Å². The van der Waals surface area contributed by atoms with Crippen LogP contribution < -0.4 is 10.4 Å². The van der Waals surface area contributed by atoms with Crippen molar-refractivity contribution in [2.45, 2.75) is 32.7 Å². The first kappa shape index (κ1) is 18.4. The lowest BCUT2D eigenvalue weighted by Gasteiger charge is -2.43. The molecule has 0 radical (unpaired) electrons. The number of benzene rings is 2. The molecule has 0 N–H and O–H groups in total. The lowest BCUT2D eigenvalue weighted by molar-refractivity contribution is 0.333. The second-order valence-electron chi connectivity index (χ2n) is 7.11. The largest absolute Gasteiger partial charge is 0.403 e. The first-order valence-electron chi connectivity index (χ1n) is 8.47. The van der Waals surface area contributed by atoms with Crippen LogP contribution in [0.25, 0.3) is 0 Å². The van der Waals surface area contributed by atoms with E-state index in [1.807, 2.05) is 19.1 Å². The van der Waals surface area contributed by atoms with Gasteiger partial charge in [-0.25, -0.2) is 0 Å². The van der Waals surface area contributed by atoms with Gasteiger partial charge < -0.3 is 4.43 Å². The van der Waals surface area contributed by atoms with Crippen LogP contribution in [0.4, 0.5) is 0 Å². The molecular weight excluding hydrogens is 308 g/mol. The second-order valence-corrected chi connectivity index (χ2v) is 11.4. The summed E-state index contributed by atoms with van der Waals surface area (Å²) in [5.41, 5.74) is 1.01. The van der Waals surface area contributed by atoms with Crippen molar-refractivity contribution in [1.29, 1.82) is 0 Å². The van der Waals surface area contributed by atoms with Gasteiger partial charge in [-0.15, -0.1) is 0 Å². The summed E-state index contributed by atoms with van der Waals surface area (Å²) in [5, 5.41) is 2.61. The minimum absolute atomic E-state index is 0.00587. The van der Waals surface area contributed by atoms with Crippen LogP contribution in [0.1, 0.15) is 27.7 Å². The fraction of sp³-hybridized carbons (Fsp3) is 0.273. The summed E-state index contributed by atoms with van der Waals surface area (Å²) in [6.07, 6.45) is 4.04. The van der Waals surface area contributed by atoms with Crippen LogP contribution in [0, 0.1) is 0 Å². The predicted octanol–water partition coefficient (Wildman–Crippen LogP) is 4.70. The summed E-state index contributed by atoms with van der Waals surface area (Å²) in [5.74, 6) is 0. The third kappa shape index (κ3) is 3.77. The fourth-order valence-electron chi connectivity index (χ4n) is 3.25. The van der Waals surface area contributed by atoms with Crippen LogP contribution in [0.15, 0.2) is 85.0 Å². The number of rotatable bonds is 6. The van der Waals surface area contributed by atoms with Gasteiger partial charge >= 0.3 is 0 Å². The Kier molecular flexibility index (Phi) is 5.98. The molecule has 0 aromatic heterocycles. The van der Waals surface area contributed by atoms with Gasteiger partial charge in [0.05, 0.1) is 6.61 Å². The van der Waals surface area contributed by atoms with Gasteiger partial charge in [0.1, 0.15) is 0 Å². The molecule has 0 saturated carbocycles. The average Bonchev–Trinajstić information content (AvgIpc) is 2.56. The van der Waals surface area contributed by atoms with Crippen LogP contribution in [0.5, 0.6) is 0 Å². The molecule has 0 aliphatic carbocycles. The van der Waals surface area contributed by atoms with E-state index in [2.05, 4.69) is 88.0 Å². The summed E-state index contributed by atoms with van der Waals surface area (Å²) in [6, 6.07) is 21.4. The molecule has 0 atom stereocenters. The van der Waals surface area contributed by atoms with Gasteiger partial charge in [0, 0.05) is 0 Å². The average molecular weight is 337 g/mol. The lowest BCUT2D eigenvalue weighted by Crippen LogP contribution is -2.66. The standard InChI is InChI=1S/C22H28OSi/c1-6-13-19(2)18-23-24(22(3,4)5,20-14-9-7-10-15-20)21-16-11-8-12-17-21/h6-17H,2,18H2,1,3-5H3/b13-6-. The normalized spacial score (nSPS) is 12.5. The second kappa shape index (κ2) is 7.78. The molecule has 2 heteroatoms. The van der Waals surface area contributed by atoms with E-state index in [-0.39, 0.29) is 5.04 Å². The maximum absolute atomic E-state index is 6.77. The quantitative estimate of drug-likeness (QED) is 0.549. The smallest absolute Gasteiger partial charge is 0.261 e. The minimum Gasteiger partial charge on any atom is -0.403 e. The Balaban J connectivity index is 2.59. The van der Waals surface area contributed by atoms with Crippen LogP contribution in [-0.4, -0.2) is 14.9 Å². The van der Waals surface area contributed by atoms with Crippen molar-refractivity contribution in [3.63, 3.8) is 0 Å². The van der Waals surface area contributed by atoms with Crippen molar-refractivity contribution in [3.05, 3.63) is 85.0 Å². The Morgan fingerprint density at radius 3 is 1.79 bits per heavy atom. The Morgan fingerprint density at radius 1 is 0.958 bits per heavy atom. The molecule has 2 rings (SSSR count). The van der Waals surface area contributed by atoms with E-state index in [9.17, 15) is 0 Å². The van der Waals surface area contributed by atoms with Gasteiger partial charge in [-0.1, -0.05) is 100 Å². The van der Waals surface area contributed by atoms with E-state index < -0.39 is 8.32 Å². The monoisotopic (exact) mass is 336 g/mol. The summed E-state index contributed by atoms with van der Waals surface area (Å²) in [6.45, 7) is 13.6. The molecule has 0 saturated heterocycles. The maximum atomic E-state index is 6.77. The van der Waals surface area contributed by atoms with Gasteiger partial charge in [-0.05, 0) is 27.9 Å². The lowest BCUT2D eigenvalue weighted by atomic mass is 10.2. The van der Waals surface area contributed by atoms with Crippen molar-refractivity contribution < 1.29 is 4.43 Å². The number of hydrogen-bond donors (Lipinski definition) is 0. The highest BCUT2D eigenvalue weighted by Crippen LogP contribution is 2.36. The number of hydrogen-bond acceptors (Lipinski definition) is 1. The SMILES string of the molecule is C=C(/C=C\C)CO[Si](c1ccccc1)(c1ccccc1)C(C)(C)C. The van der Waals surface area contributed by atoms with Crippen LogP contribution in [0.2, 0.25) is 5.04 Å². The summed E-state index contributed by atoms with van der Waals surface area (Å²) >= 11 is 0. The summed E-state index contributed by atoms with van der Waals surface area (Å²) in [4.78, 5) is 0. The molecule has 0 bridgehead atoms. The van der Waals surface area contributed by atoms with E-state index in [0.29, 0.717) is 6.61 Å². The molecule has 24 heavy (non-hydrogen) atoms. The summed E-state index contributed by atoms with van der Waals surface area (Å²) < 4.78 is 6.77. The first-order chi connectivity index (χ1) is 11.4. The van der Waals surface area contributed by atoms with E-state index in [1.54, 1.807) is 0 Å². The van der Waals surface area contributed by atoms with Gasteiger partial charge in [-0.3, -0.25) is 0 Å². The van der Waals surface area contributed by atoms with E-state index in [1.165, 1.54) is 10.4 Å². The molecular formula is C22H28OSi. The minimum atomic E-state index is -2.44. The van der Waals surface area contributed by atoms with E-state index >= 15 is 0 Å². The highest BCUT2D eigenvalue weighted by Gasteiger charge is 2.50. The molecule has 1 nitrogen and oxygen atoms in total. The highest BCUT2D eigenvalue weighted by molar-refractivity contribution is 6.99. The Labute approximate surface area is 147 Å². The number of allylic oxidation sites excluding steroid dienone is 1. The molecule has 0 unspecified atom stereocenters. The van der Waals surface area contributed by atoms with Crippen molar-refractivity contribution in [3.8, 4) is 0 Å². The van der Waals surface area contributed by atoms with Crippen molar-refractivity contribution in [1.82, 2.24) is 0 Å². The molecule has 126 valence electrons. The Morgan fingerprint density at radius 2 is 1.42 bits per heavy atom. The van der Waals surface area contributed by atoms with Crippen LogP contribution in [0.3, 0.4) is 0 Å². The third-order valence-corrected chi connectivity index (χ3v) is 9.28. The molecule has 0 heterocycles. The first-order valence-corrected chi connectivity index (χ1v) is 10.4. The molecule has 2 aromatic rings. The Bertz CT molecular complexity index is 641. The summed E-state index contributed by atoms with van der Waals surface area (Å²) in [7, 11) is -2.44.